The zero-order valence-electron chi connectivity index (χ0n) is 14.1. The van der Waals surface area contributed by atoms with E-state index in [1.165, 1.54) is 0 Å². The third-order valence-electron chi connectivity index (χ3n) is 5.11. The van der Waals surface area contributed by atoms with E-state index in [9.17, 15) is 9.59 Å². The Bertz CT molecular complexity index is 748. The predicted octanol–water partition coefficient (Wildman–Crippen LogP) is 1.87. The number of amides is 2. The largest absolute Gasteiger partial charge is 0.467 e. The van der Waals surface area contributed by atoms with Crippen LogP contribution in [0.15, 0.2) is 35.1 Å². The van der Waals surface area contributed by atoms with E-state index in [2.05, 4.69) is 10.4 Å². The van der Waals surface area contributed by atoms with Crippen molar-refractivity contribution >= 4 is 11.8 Å². The molecule has 0 bridgehead atoms. The molecule has 0 radical (unpaired) electrons. The van der Waals surface area contributed by atoms with Crippen LogP contribution in [0.25, 0.3) is 0 Å². The lowest BCUT2D eigenvalue weighted by atomic mass is 9.84. The van der Waals surface area contributed by atoms with E-state index >= 15 is 0 Å². The highest BCUT2D eigenvalue weighted by atomic mass is 16.3. The van der Waals surface area contributed by atoms with Gasteiger partial charge in [0.2, 0.25) is 11.8 Å². The molecule has 1 atom stereocenters. The van der Waals surface area contributed by atoms with Gasteiger partial charge in [0, 0.05) is 18.7 Å². The Labute approximate surface area is 146 Å². The van der Waals surface area contributed by atoms with Gasteiger partial charge in [0.15, 0.2) is 0 Å². The summed E-state index contributed by atoms with van der Waals surface area (Å²) in [5, 5.41) is 7.22. The van der Waals surface area contributed by atoms with Gasteiger partial charge in [0.25, 0.3) is 0 Å². The summed E-state index contributed by atoms with van der Waals surface area (Å²) in [4.78, 5) is 26.8. The van der Waals surface area contributed by atoms with Crippen LogP contribution in [-0.4, -0.2) is 33.0 Å². The molecule has 2 amide bonds. The molecule has 1 saturated carbocycles. The molecule has 0 aromatic carbocycles. The number of hydrogen-bond donors (Lipinski definition) is 1. The fourth-order valence-corrected chi connectivity index (χ4v) is 3.50. The molecule has 4 rings (SSSR count). The van der Waals surface area contributed by atoms with Crippen molar-refractivity contribution in [2.24, 2.45) is 5.92 Å². The molecule has 2 aromatic heterocycles. The minimum absolute atomic E-state index is 0.0687. The molecule has 2 aliphatic rings. The van der Waals surface area contributed by atoms with Gasteiger partial charge in [-0.15, -0.1) is 0 Å². The smallest absolute Gasteiger partial charge is 0.226 e. The van der Waals surface area contributed by atoms with Gasteiger partial charge in [-0.3, -0.25) is 14.3 Å². The highest BCUT2D eigenvalue weighted by molar-refractivity contribution is 5.80. The molecule has 1 N–H and O–H groups in total. The minimum atomic E-state index is -0.126. The molecule has 1 fully saturated rings. The van der Waals surface area contributed by atoms with Gasteiger partial charge in [-0.05, 0) is 31.0 Å². The summed E-state index contributed by atoms with van der Waals surface area (Å²) in [5.41, 5.74) is 0.989. The number of carbonyl (C=O) groups is 2. The Balaban J connectivity index is 1.40. The van der Waals surface area contributed by atoms with Gasteiger partial charge in [0.1, 0.15) is 5.76 Å². The third kappa shape index (κ3) is 3.31. The summed E-state index contributed by atoms with van der Waals surface area (Å²) >= 11 is 0. The fourth-order valence-electron chi connectivity index (χ4n) is 3.50. The summed E-state index contributed by atoms with van der Waals surface area (Å²) in [6, 6.07) is 5.42. The first kappa shape index (κ1) is 15.9. The first-order valence-corrected chi connectivity index (χ1v) is 8.81. The lowest BCUT2D eigenvalue weighted by Crippen LogP contribution is -2.46. The molecule has 132 valence electrons. The molecule has 7 nitrogen and oxygen atoms in total. The molecule has 7 heteroatoms. The standard InChI is InChI=1S/C18H22N4O3/c23-17(19-10-16-5-2-8-25-16)9-15-12-21(18(24)13-3-1-4-13)11-14-6-7-20-22(14)15/h2,5-8,13,15H,1,3-4,9-12H2,(H,19,23). The van der Waals surface area contributed by atoms with Gasteiger partial charge in [-0.2, -0.15) is 5.10 Å². The van der Waals surface area contributed by atoms with Crippen molar-refractivity contribution in [1.82, 2.24) is 20.0 Å². The third-order valence-corrected chi connectivity index (χ3v) is 5.11. The number of nitrogens with one attached hydrogen (secondary N) is 1. The molecule has 1 aliphatic heterocycles. The van der Waals surface area contributed by atoms with Crippen molar-refractivity contribution in [3.05, 3.63) is 42.1 Å². The highest BCUT2D eigenvalue weighted by Crippen LogP contribution is 2.31. The number of carbonyl (C=O) groups excluding carboxylic acids is 2. The summed E-state index contributed by atoms with van der Waals surface area (Å²) in [7, 11) is 0. The van der Waals surface area contributed by atoms with Crippen LogP contribution in [0.1, 0.15) is 43.2 Å². The van der Waals surface area contributed by atoms with Crippen LogP contribution in [0.3, 0.4) is 0 Å². The highest BCUT2D eigenvalue weighted by Gasteiger charge is 2.35. The van der Waals surface area contributed by atoms with Crippen molar-refractivity contribution in [3.63, 3.8) is 0 Å². The average molecular weight is 342 g/mol. The van der Waals surface area contributed by atoms with E-state index in [-0.39, 0.29) is 23.8 Å². The second-order valence-electron chi connectivity index (χ2n) is 6.83. The van der Waals surface area contributed by atoms with E-state index in [4.69, 9.17) is 4.42 Å². The summed E-state index contributed by atoms with van der Waals surface area (Å²) in [5.74, 6) is 1.04. The van der Waals surface area contributed by atoms with Gasteiger partial charge < -0.3 is 14.6 Å². The van der Waals surface area contributed by atoms with Crippen molar-refractivity contribution in [2.45, 2.75) is 44.8 Å². The van der Waals surface area contributed by atoms with E-state index in [1.807, 2.05) is 21.7 Å². The van der Waals surface area contributed by atoms with Crippen LogP contribution in [0.4, 0.5) is 0 Å². The van der Waals surface area contributed by atoms with Crippen LogP contribution in [0.2, 0.25) is 0 Å². The van der Waals surface area contributed by atoms with E-state index in [1.54, 1.807) is 18.5 Å². The molecule has 2 aromatic rings. The molecule has 0 saturated heterocycles. The minimum Gasteiger partial charge on any atom is -0.467 e. The molecule has 0 spiro atoms. The summed E-state index contributed by atoms with van der Waals surface area (Å²) in [6.07, 6.45) is 6.74. The zero-order chi connectivity index (χ0) is 17.2. The number of nitrogens with zero attached hydrogens (tertiary/aromatic N) is 3. The van der Waals surface area contributed by atoms with Gasteiger partial charge in [0.05, 0.1) is 37.5 Å². The molecular weight excluding hydrogens is 320 g/mol. The second kappa shape index (κ2) is 6.74. The molecule has 1 aliphatic carbocycles. The number of fused-ring (bicyclic) bond motifs is 1. The first-order valence-electron chi connectivity index (χ1n) is 8.81. The summed E-state index contributed by atoms with van der Waals surface area (Å²) < 4.78 is 7.11. The van der Waals surface area contributed by atoms with E-state index < -0.39 is 0 Å². The first-order chi connectivity index (χ1) is 12.2. The Hall–Kier alpha value is -2.57. The zero-order valence-corrected chi connectivity index (χ0v) is 14.1. The van der Waals surface area contributed by atoms with Crippen LogP contribution >= 0.6 is 0 Å². The predicted molar refractivity (Wildman–Crippen MR) is 89.2 cm³/mol. The maximum absolute atomic E-state index is 12.6. The monoisotopic (exact) mass is 342 g/mol. The maximum Gasteiger partial charge on any atom is 0.226 e. The fraction of sp³-hybridized carbons (Fsp3) is 0.500. The number of furan rings is 1. The van der Waals surface area contributed by atoms with Crippen molar-refractivity contribution in [2.75, 3.05) is 6.54 Å². The normalized spacial score (nSPS) is 20.0. The van der Waals surface area contributed by atoms with Crippen LogP contribution < -0.4 is 5.32 Å². The Morgan fingerprint density at radius 1 is 1.32 bits per heavy atom. The van der Waals surface area contributed by atoms with Crippen LogP contribution in [0, 0.1) is 5.92 Å². The molecule has 25 heavy (non-hydrogen) atoms. The molecule has 1 unspecified atom stereocenters. The van der Waals surface area contributed by atoms with Crippen molar-refractivity contribution < 1.29 is 14.0 Å². The molecule has 3 heterocycles. The lowest BCUT2D eigenvalue weighted by Gasteiger charge is -2.37. The van der Waals surface area contributed by atoms with Crippen LogP contribution in [-0.2, 0) is 22.7 Å². The van der Waals surface area contributed by atoms with Gasteiger partial charge in [-0.25, -0.2) is 0 Å². The van der Waals surface area contributed by atoms with Crippen molar-refractivity contribution in [3.8, 4) is 0 Å². The average Bonchev–Trinajstić information content (AvgIpc) is 3.22. The SMILES string of the molecule is O=C(CC1CN(C(=O)C2CCC2)Cc2ccnn21)NCc1ccco1. The second-order valence-corrected chi connectivity index (χ2v) is 6.83. The van der Waals surface area contributed by atoms with Crippen molar-refractivity contribution in [1.29, 1.82) is 0 Å². The quantitative estimate of drug-likeness (QED) is 0.899. The topological polar surface area (TPSA) is 80.4 Å². The van der Waals surface area contributed by atoms with Gasteiger partial charge >= 0.3 is 0 Å². The Morgan fingerprint density at radius 3 is 2.92 bits per heavy atom. The number of hydrogen-bond acceptors (Lipinski definition) is 4. The number of rotatable bonds is 5. The molecular formula is C18H22N4O3. The van der Waals surface area contributed by atoms with Crippen LogP contribution in [0.5, 0.6) is 0 Å². The van der Waals surface area contributed by atoms with Gasteiger partial charge in [-0.1, -0.05) is 6.42 Å². The Kier molecular flexibility index (Phi) is 4.29. The number of aromatic nitrogens is 2. The Morgan fingerprint density at radius 2 is 2.20 bits per heavy atom. The van der Waals surface area contributed by atoms with E-state index in [0.29, 0.717) is 26.1 Å². The lowest BCUT2D eigenvalue weighted by molar-refractivity contribution is -0.141. The summed E-state index contributed by atoms with van der Waals surface area (Å²) in [6.45, 7) is 1.49. The van der Waals surface area contributed by atoms with E-state index in [0.717, 1.165) is 30.7 Å². The maximum atomic E-state index is 12.6.